The van der Waals surface area contributed by atoms with Crippen molar-refractivity contribution in [3.05, 3.63) is 29.8 Å². The number of carbonyl (C=O) groups excluding carboxylic acids is 1. The summed E-state index contributed by atoms with van der Waals surface area (Å²) >= 11 is 0. The maximum atomic E-state index is 12.6. The van der Waals surface area contributed by atoms with Gasteiger partial charge in [-0.05, 0) is 56.5 Å². The van der Waals surface area contributed by atoms with Gasteiger partial charge >= 0.3 is 0 Å². The largest absolute Gasteiger partial charge is 0.336 e. The van der Waals surface area contributed by atoms with E-state index in [1.165, 1.54) is 12.1 Å². The highest BCUT2D eigenvalue weighted by atomic mass is 32.2. The monoisotopic (exact) mass is 310 g/mol. The normalized spacial score (nSPS) is 15.5. The van der Waals surface area contributed by atoms with Gasteiger partial charge in [0.2, 0.25) is 0 Å². The second-order valence-corrected chi connectivity index (χ2v) is 7.54. The highest BCUT2D eigenvalue weighted by molar-refractivity contribution is 7.90. The molecule has 0 saturated heterocycles. The molecule has 1 aromatic rings. The second-order valence-electron chi connectivity index (χ2n) is 5.52. The average molecular weight is 310 g/mol. The third kappa shape index (κ3) is 3.83. The Kier molecular flexibility index (Phi) is 5.00. The van der Waals surface area contributed by atoms with Crippen LogP contribution in [0.3, 0.4) is 0 Å². The fourth-order valence-corrected chi connectivity index (χ4v) is 3.05. The Balaban J connectivity index is 2.16. The molecule has 1 aliphatic rings. The van der Waals surface area contributed by atoms with E-state index < -0.39 is 9.84 Å². The summed E-state index contributed by atoms with van der Waals surface area (Å²) < 4.78 is 22.9. The van der Waals surface area contributed by atoms with Crippen molar-refractivity contribution in [2.75, 3.05) is 19.3 Å². The van der Waals surface area contributed by atoms with Crippen LogP contribution in [0.1, 0.15) is 36.0 Å². The first kappa shape index (κ1) is 16.0. The first-order valence-corrected chi connectivity index (χ1v) is 9.14. The second kappa shape index (κ2) is 6.58. The molecule has 116 valence electrons. The Morgan fingerprint density at radius 1 is 1.29 bits per heavy atom. The standard InChI is InChI=1S/C15H22N2O3S/c1-21(19,20)14-8-6-12(7-9-14)15(18)17(11-3-10-16)13-4-2-5-13/h6-9,13H,2-5,10-11,16H2,1H3. The van der Waals surface area contributed by atoms with Crippen molar-refractivity contribution in [3.8, 4) is 0 Å². The summed E-state index contributed by atoms with van der Waals surface area (Å²) in [5.41, 5.74) is 6.07. The number of hydrogen-bond acceptors (Lipinski definition) is 4. The summed E-state index contributed by atoms with van der Waals surface area (Å²) in [6.07, 6.45) is 5.18. The predicted molar refractivity (Wildman–Crippen MR) is 81.9 cm³/mol. The van der Waals surface area contributed by atoms with Gasteiger partial charge < -0.3 is 10.6 Å². The third-order valence-electron chi connectivity index (χ3n) is 3.91. The molecule has 0 atom stereocenters. The SMILES string of the molecule is CS(=O)(=O)c1ccc(C(=O)N(CCCN)C2CCC2)cc1. The van der Waals surface area contributed by atoms with Gasteiger partial charge in [0.05, 0.1) is 4.90 Å². The van der Waals surface area contributed by atoms with Crippen molar-refractivity contribution in [2.24, 2.45) is 5.73 Å². The van der Waals surface area contributed by atoms with E-state index in [-0.39, 0.29) is 10.8 Å². The van der Waals surface area contributed by atoms with Crippen molar-refractivity contribution >= 4 is 15.7 Å². The zero-order chi connectivity index (χ0) is 15.5. The van der Waals surface area contributed by atoms with E-state index in [9.17, 15) is 13.2 Å². The highest BCUT2D eigenvalue weighted by Gasteiger charge is 2.28. The topological polar surface area (TPSA) is 80.5 Å². The molecule has 2 N–H and O–H groups in total. The number of nitrogens with two attached hydrogens (primary N) is 1. The minimum Gasteiger partial charge on any atom is -0.336 e. The van der Waals surface area contributed by atoms with Crippen LogP contribution in [-0.4, -0.2) is 44.6 Å². The maximum Gasteiger partial charge on any atom is 0.254 e. The van der Waals surface area contributed by atoms with E-state index in [1.54, 1.807) is 12.1 Å². The van der Waals surface area contributed by atoms with Crippen LogP contribution in [0.4, 0.5) is 0 Å². The number of sulfone groups is 1. The molecule has 0 spiro atoms. The number of rotatable bonds is 6. The van der Waals surface area contributed by atoms with Crippen molar-refractivity contribution < 1.29 is 13.2 Å². The number of hydrogen-bond donors (Lipinski definition) is 1. The summed E-state index contributed by atoms with van der Waals surface area (Å²) in [5, 5.41) is 0. The van der Waals surface area contributed by atoms with Crippen LogP contribution in [0.25, 0.3) is 0 Å². The average Bonchev–Trinajstić information content (AvgIpc) is 2.39. The maximum absolute atomic E-state index is 12.6. The van der Waals surface area contributed by atoms with Gasteiger partial charge in [-0.2, -0.15) is 0 Å². The summed E-state index contributed by atoms with van der Waals surface area (Å²) in [5.74, 6) is -0.0341. The lowest BCUT2D eigenvalue weighted by atomic mass is 9.90. The van der Waals surface area contributed by atoms with Crippen molar-refractivity contribution in [3.63, 3.8) is 0 Å². The Labute approximate surface area is 126 Å². The van der Waals surface area contributed by atoms with Crippen molar-refractivity contribution in [2.45, 2.75) is 36.6 Å². The Hall–Kier alpha value is -1.40. The Morgan fingerprint density at radius 3 is 2.33 bits per heavy atom. The molecule has 0 aromatic heterocycles. The number of nitrogens with zero attached hydrogens (tertiary/aromatic N) is 1. The first-order chi connectivity index (χ1) is 9.93. The first-order valence-electron chi connectivity index (χ1n) is 7.24. The Morgan fingerprint density at radius 2 is 1.90 bits per heavy atom. The van der Waals surface area contributed by atoms with Gasteiger partial charge in [-0.1, -0.05) is 0 Å². The molecule has 0 bridgehead atoms. The lowest BCUT2D eigenvalue weighted by Gasteiger charge is -2.37. The summed E-state index contributed by atoms with van der Waals surface area (Å²) in [6.45, 7) is 1.22. The molecule has 0 radical (unpaired) electrons. The minimum atomic E-state index is -3.23. The van der Waals surface area contributed by atoms with Gasteiger partial charge in [-0.25, -0.2) is 8.42 Å². The van der Waals surface area contributed by atoms with Crippen LogP contribution in [-0.2, 0) is 9.84 Å². The van der Waals surface area contributed by atoms with Gasteiger partial charge in [-0.3, -0.25) is 4.79 Å². The zero-order valence-electron chi connectivity index (χ0n) is 12.3. The molecule has 0 heterocycles. The van der Waals surface area contributed by atoms with Crippen molar-refractivity contribution in [1.82, 2.24) is 4.90 Å². The lowest BCUT2D eigenvalue weighted by molar-refractivity contribution is 0.0578. The van der Waals surface area contributed by atoms with E-state index in [2.05, 4.69) is 0 Å². The molecule has 6 heteroatoms. The highest BCUT2D eigenvalue weighted by Crippen LogP contribution is 2.26. The molecular weight excluding hydrogens is 288 g/mol. The van der Waals surface area contributed by atoms with Crippen LogP contribution in [0.2, 0.25) is 0 Å². The van der Waals surface area contributed by atoms with Gasteiger partial charge in [0.1, 0.15) is 0 Å². The predicted octanol–water partition coefficient (Wildman–Crippen LogP) is 1.43. The molecule has 0 unspecified atom stereocenters. The number of carbonyl (C=O) groups is 1. The molecule has 0 aliphatic heterocycles. The quantitative estimate of drug-likeness (QED) is 0.862. The van der Waals surface area contributed by atoms with E-state index >= 15 is 0 Å². The molecule has 1 aliphatic carbocycles. The van der Waals surface area contributed by atoms with E-state index in [0.717, 1.165) is 31.9 Å². The molecule has 21 heavy (non-hydrogen) atoms. The molecule has 1 fully saturated rings. The Bertz CT molecular complexity index is 592. The van der Waals surface area contributed by atoms with Crippen LogP contribution in [0.5, 0.6) is 0 Å². The van der Waals surface area contributed by atoms with Gasteiger partial charge in [-0.15, -0.1) is 0 Å². The van der Waals surface area contributed by atoms with E-state index in [1.807, 2.05) is 4.90 Å². The molecule has 1 saturated carbocycles. The lowest BCUT2D eigenvalue weighted by Crippen LogP contribution is -2.45. The van der Waals surface area contributed by atoms with Crippen LogP contribution < -0.4 is 5.73 Å². The summed E-state index contributed by atoms with van der Waals surface area (Å²) in [6, 6.07) is 6.47. The van der Waals surface area contributed by atoms with Crippen LogP contribution in [0.15, 0.2) is 29.2 Å². The molecule has 5 nitrogen and oxygen atoms in total. The fourth-order valence-electron chi connectivity index (χ4n) is 2.42. The number of amides is 1. The minimum absolute atomic E-state index is 0.0341. The van der Waals surface area contributed by atoms with Gasteiger partial charge in [0.25, 0.3) is 5.91 Å². The smallest absolute Gasteiger partial charge is 0.254 e. The molecule has 1 aromatic carbocycles. The van der Waals surface area contributed by atoms with Crippen LogP contribution >= 0.6 is 0 Å². The molecular formula is C15H22N2O3S. The summed E-state index contributed by atoms with van der Waals surface area (Å²) in [7, 11) is -3.23. The summed E-state index contributed by atoms with van der Waals surface area (Å²) in [4.78, 5) is 14.7. The van der Waals surface area contributed by atoms with Crippen molar-refractivity contribution in [1.29, 1.82) is 0 Å². The van der Waals surface area contributed by atoms with E-state index in [0.29, 0.717) is 24.7 Å². The molecule has 1 amide bonds. The van der Waals surface area contributed by atoms with Gasteiger partial charge in [0, 0.05) is 24.4 Å². The molecule has 2 rings (SSSR count). The third-order valence-corrected chi connectivity index (χ3v) is 5.04. The zero-order valence-corrected chi connectivity index (χ0v) is 13.1. The van der Waals surface area contributed by atoms with Crippen LogP contribution in [0, 0.1) is 0 Å². The number of benzene rings is 1. The fraction of sp³-hybridized carbons (Fsp3) is 0.533. The van der Waals surface area contributed by atoms with Gasteiger partial charge in [0.15, 0.2) is 9.84 Å². The van der Waals surface area contributed by atoms with E-state index in [4.69, 9.17) is 5.73 Å².